The van der Waals surface area contributed by atoms with Gasteiger partial charge in [0.1, 0.15) is 11.6 Å². The fourth-order valence-electron chi connectivity index (χ4n) is 2.52. The second-order valence-electron chi connectivity index (χ2n) is 5.43. The number of carbonyl (C=O) groups is 1. The molecule has 126 valence electrons. The number of rotatable bonds is 4. The lowest BCUT2D eigenvalue weighted by molar-refractivity contribution is -0.115. The van der Waals surface area contributed by atoms with Crippen LogP contribution in [0.25, 0.3) is 0 Å². The van der Waals surface area contributed by atoms with Gasteiger partial charge in [0.15, 0.2) is 0 Å². The topological polar surface area (TPSA) is 54.5 Å². The summed E-state index contributed by atoms with van der Waals surface area (Å²) < 4.78 is 19.0. The smallest absolute Gasteiger partial charge is 0.230 e. The van der Waals surface area contributed by atoms with Crippen molar-refractivity contribution in [3.63, 3.8) is 0 Å². The van der Waals surface area contributed by atoms with Gasteiger partial charge >= 0.3 is 0 Å². The summed E-state index contributed by atoms with van der Waals surface area (Å²) in [4.78, 5) is 18.5. The molecule has 1 aromatic heterocycles. The Balaban J connectivity index is 1.62. The molecule has 0 spiro atoms. The molecule has 3 rings (SSSR count). The molecule has 1 aliphatic heterocycles. The number of ether oxygens (including phenoxy) is 1. The standard InChI is InChI=1S/C17H17ClFN3O2/c18-14-2-1-3-15(19)13(14)10-17(23)21-16-5-4-12(11-20-16)22-6-8-24-9-7-22/h1-5,11H,6-10H2,(H,20,21,23). The van der Waals surface area contributed by atoms with Gasteiger partial charge in [-0.2, -0.15) is 0 Å². The summed E-state index contributed by atoms with van der Waals surface area (Å²) in [5, 5.41) is 2.89. The monoisotopic (exact) mass is 349 g/mol. The lowest BCUT2D eigenvalue weighted by atomic mass is 10.1. The minimum atomic E-state index is -0.492. The first-order valence-electron chi connectivity index (χ1n) is 7.65. The average molecular weight is 350 g/mol. The van der Waals surface area contributed by atoms with Crippen molar-refractivity contribution < 1.29 is 13.9 Å². The van der Waals surface area contributed by atoms with Crippen LogP contribution in [0, 0.1) is 5.82 Å². The van der Waals surface area contributed by atoms with E-state index in [1.54, 1.807) is 18.3 Å². The van der Waals surface area contributed by atoms with Crippen LogP contribution in [-0.2, 0) is 16.0 Å². The molecule has 1 aromatic carbocycles. The van der Waals surface area contributed by atoms with Gasteiger partial charge in [0.05, 0.1) is 31.5 Å². The van der Waals surface area contributed by atoms with Gasteiger partial charge in [-0.05, 0) is 24.3 Å². The summed E-state index contributed by atoms with van der Waals surface area (Å²) in [7, 11) is 0. The summed E-state index contributed by atoms with van der Waals surface area (Å²) in [6.07, 6.45) is 1.56. The maximum absolute atomic E-state index is 13.7. The lowest BCUT2D eigenvalue weighted by Crippen LogP contribution is -2.36. The number of hydrogen-bond acceptors (Lipinski definition) is 4. The number of hydrogen-bond donors (Lipinski definition) is 1. The molecule has 1 aliphatic rings. The number of benzene rings is 1. The van der Waals surface area contributed by atoms with E-state index < -0.39 is 5.82 Å². The quantitative estimate of drug-likeness (QED) is 0.922. The average Bonchev–Trinajstić information content (AvgIpc) is 2.60. The highest BCUT2D eigenvalue weighted by Gasteiger charge is 2.14. The van der Waals surface area contributed by atoms with E-state index in [0.717, 1.165) is 18.8 Å². The second-order valence-corrected chi connectivity index (χ2v) is 5.83. The van der Waals surface area contributed by atoms with Crippen LogP contribution in [-0.4, -0.2) is 37.2 Å². The molecule has 1 amide bonds. The Hall–Kier alpha value is -2.18. The molecular weight excluding hydrogens is 333 g/mol. The summed E-state index contributed by atoms with van der Waals surface area (Å²) in [5.74, 6) is -0.439. The fourth-order valence-corrected chi connectivity index (χ4v) is 2.75. The number of morpholine rings is 1. The first-order chi connectivity index (χ1) is 11.6. The van der Waals surface area contributed by atoms with Crippen molar-refractivity contribution in [2.75, 3.05) is 36.5 Å². The predicted octanol–water partition coefficient (Wildman–Crippen LogP) is 2.89. The number of pyridine rings is 1. The summed E-state index contributed by atoms with van der Waals surface area (Å²) in [5.41, 5.74) is 1.16. The molecule has 1 N–H and O–H groups in total. The minimum absolute atomic E-state index is 0.140. The second kappa shape index (κ2) is 7.59. The maximum Gasteiger partial charge on any atom is 0.230 e. The first kappa shape index (κ1) is 16.7. The van der Waals surface area contributed by atoms with Crippen LogP contribution in [0.4, 0.5) is 15.9 Å². The SMILES string of the molecule is O=C(Cc1c(F)cccc1Cl)Nc1ccc(N2CCOCC2)cn1. The predicted molar refractivity (Wildman–Crippen MR) is 91.0 cm³/mol. The van der Waals surface area contributed by atoms with E-state index in [9.17, 15) is 9.18 Å². The molecule has 2 heterocycles. The molecule has 0 aliphatic carbocycles. The third kappa shape index (κ3) is 4.01. The van der Waals surface area contributed by atoms with Crippen LogP contribution in [0.1, 0.15) is 5.56 Å². The molecule has 0 saturated carbocycles. The van der Waals surface area contributed by atoms with Gasteiger partial charge in [0.2, 0.25) is 5.91 Å². The zero-order valence-electron chi connectivity index (χ0n) is 13.0. The molecule has 2 aromatic rings. The molecule has 0 unspecified atom stereocenters. The molecule has 0 radical (unpaired) electrons. The van der Waals surface area contributed by atoms with Gasteiger partial charge in [0.25, 0.3) is 0 Å². The highest BCUT2D eigenvalue weighted by molar-refractivity contribution is 6.31. The van der Waals surface area contributed by atoms with E-state index in [4.69, 9.17) is 16.3 Å². The van der Waals surface area contributed by atoms with Crippen molar-refractivity contribution in [3.8, 4) is 0 Å². The number of amides is 1. The van der Waals surface area contributed by atoms with Crippen molar-refractivity contribution in [1.29, 1.82) is 0 Å². The van der Waals surface area contributed by atoms with Gasteiger partial charge in [-0.15, -0.1) is 0 Å². The Kier molecular flexibility index (Phi) is 5.27. The van der Waals surface area contributed by atoms with E-state index in [1.807, 2.05) is 6.07 Å². The largest absolute Gasteiger partial charge is 0.378 e. The number of carbonyl (C=O) groups excluding carboxylic acids is 1. The lowest BCUT2D eigenvalue weighted by Gasteiger charge is -2.28. The van der Waals surface area contributed by atoms with Gasteiger partial charge in [-0.3, -0.25) is 4.79 Å². The zero-order chi connectivity index (χ0) is 16.9. The van der Waals surface area contributed by atoms with E-state index in [-0.39, 0.29) is 22.9 Å². The zero-order valence-corrected chi connectivity index (χ0v) is 13.7. The van der Waals surface area contributed by atoms with E-state index in [2.05, 4.69) is 15.2 Å². The van der Waals surface area contributed by atoms with E-state index >= 15 is 0 Å². The number of nitrogens with zero attached hydrogens (tertiary/aromatic N) is 2. The Labute approximate surface area is 144 Å². The van der Waals surface area contributed by atoms with Crippen LogP contribution in [0.3, 0.4) is 0 Å². The van der Waals surface area contributed by atoms with Gasteiger partial charge < -0.3 is 15.0 Å². The van der Waals surface area contributed by atoms with Crippen molar-refractivity contribution in [1.82, 2.24) is 4.98 Å². The Morgan fingerprint density at radius 1 is 1.29 bits per heavy atom. The van der Waals surface area contributed by atoms with Crippen molar-refractivity contribution >= 4 is 29.0 Å². The number of aromatic nitrogens is 1. The third-order valence-electron chi connectivity index (χ3n) is 3.79. The van der Waals surface area contributed by atoms with Crippen LogP contribution < -0.4 is 10.2 Å². The van der Waals surface area contributed by atoms with Crippen LogP contribution in [0.2, 0.25) is 5.02 Å². The Morgan fingerprint density at radius 3 is 2.75 bits per heavy atom. The number of anilines is 2. The van der Waals surface area contributed by atoms with Crippen LogP contribution in [0.5, 0.6) is 0 Å². The van der Waals surface area contributed by atoms with Crippen LogP contribution in [0.15, 0.2) is 36.5 Å². The van der Waals surface area contributed by atoms with E-state index in [1.165, 1.54) is 12.1 Å². The van der Waals surface area contributed by atoms with Gasteiger partial charge in [-0.25, -0.2) is 9.37 Å². The Bertz CT molecular complexity index is 698. The third-order valence-corrected chi connectivity index (χ3v) is 4.14. The van der Waals surface area contributed by atoms with E-state index in [0.29, 0.717) is 19.0 Å². The fraction of sp³-hybridized carbons (Fsp3) is 0.294. The molecule has 0 atom stereocenters. The highest BCUT2D eigenvalue weighted by Crippen LogP contribution is 2.20. The minimum Gasteiger partial charge on any atom is -0.378 e. The molecule has 7 heteroatoms. The molecule has 1 fully saturated rings. The highest BCUT2D eigenvalue weighted by atomic mass is 35.5. The molecule has 24 heavy (non-hydrogen) atoms. The number of nitrogens with one attached hydrogen (secondary N) is 1. The molecule has 5 nitrogen and oxygen atoms in total. The molecule has 0 bridgehead atoms. The molecule has 1 saturated heterocycles. The normalized spacial score (nSPS) is 14.5. The maximum atomic E-state index is 13.7. The Morgan fingerprint density at radius 2 is 2.08 bits per heavy atom. The van der Waals surface area contributed by atoms with Crippen molar-refractivity contribution in [2.24, 2.45) is 0 Å². The molecular formula is C17H17ClFN3O2. The van der Waals surface area contributed by atoms with Gasteiger partial charge in [0, 0.05) is 23.7 Å². The van der Waals surface area contributed by atoms with Crippen molar-refractivity contribution in [3.05, 3.63) is 52.9 Å². The van der Waals surface area contributed by atoms with Gasteiger partial charge in [-0.1, -0.05) is 17.7 Å². The summed E-state index contributed by atoms with van der Waals surface area (Å²) in [6, 6.07) is 7.97. The first-order valence-corrected chi connectivity index (χ1v) is 8.03. The summed E-state index contributed by atoms with van der Waals surface area (Å²) in [6.45, 7) is 3.03. The number of halogens is 2. The van der Waals surface area contributed by atoms with Crippen LogP contribution >= 0.6 is 11.6 Å². The van der Waals surface area contributed by atoms with Crippen molar-refractivity contribution in [2.45, 2.75) is 6.42 Å². The summed E-state index contributed by atoms with van der Waals surface area (Å²) >= 11 is 5.93.